The average molecular weight is 415 g/mol. The fraction of sp³-hybridized carbons (Fsp3) is 0.320. The molecule has 3 aromatic rings. The van der Waals surface area contributed by atoms with E-state index in [-0.39, 0.29) is 12.5 Å². The van der Waals surface area contributed by atoms with Gasteiger partial charge in [0.15, 0.2) is 6.61 Å². The van der Waals surface area contributed by atoms with E-state index < -0.39 is 5.97 Å². The van der Waals surface area contributed by atoms with Crippen molar-refractivity contribution in [1.82, 2.24) is 4.98 Å². The van der Waals surface area contributed by atoms with Gasteiger partial charge in [0.1, 0.15) is 11.4 Å². The number of esters is 1. The van der Waals surface area contributed by atoms with Crippen LogP contribution in [0, 0.1) is 0 Å². The molecule has 0 unspecified atom stereocenters. The van der Waals surface area contributed by atoms with Gasteiger partial charge in [0.05, 0.1) is 5.52 Å². The van der Waals surface area contributed by atoms with Crippen molar-refractivity contribution in [2.75, 3.05) is 36.0 Å². The normalized spacial score (nSPS) is 15.7. The largest absolute Gasteiger partial charge is 0.452 e. The van der Waals surface area contributed by atoms with Gasteiger partial charge in [-0.05, 0) is 49.4 Å². The molecule has 0 radical (unpaired) electrons. The predicted octanol–water partition coefficient (Wildman–Crippen LogP) is 3.97. The molecule has 1 fully saturated rings. The van der Waals surface area contributed by atoms with E-state index in [1.54, 1.807) is 4.90 Å². The van der Waals surface area contributed by atoms with Crippen LogP contribution in [0.15, 0.2) is 54.6 Å². The number of carbonyl (C=O) groups is 2. The Bertz CT molecular complexity index is 1140. The van der Waals surface area contributed by atoms with Crippen LogP contribution in [0.4, 0.5) is 11.5 Å². The molecule has 1 amide bonds. The highest BCUT2D eigenvalue weighted by molar-refractivity contribution is 6.01. The SMILES string of the molecule is O=C(OCC(=O)N1CCCc2ccccc21)c1cc2ccccc2nc1N1CCCC1. The number of amides is 1. The summed E-state index contributed by atoms with van der Waals surface area (Å²) in [5, 5.41) is 0.883. The number of anilines is 2. The van der Waals surface area contributed by atoms with E-state index in [4.69, 9.17) is 9.72 Å². The minimum atomic E-state index is -0.501. The molecule has 0 bridgehead atoms. The molecule has 0 N–H and O–H groups in total. The molecule has 31 heavy (non-hydrogen) atoms. The molecule has 3 heterocycles. The van der Waals surface area contributed by atoms with Crippen LogP contribution < -0.4 is 9.80 Å². The van der Waals surface area contributed by atoms with E-state index in [2.05, 4.69) is 4.90 Å². The van der Waals surface area contributed by atoms with Gasteiger partial charge in [-0.25, -0.2) is 9.78 Å². The van der Waals surface area contributed by atoms with Crippen LogP contribution >= 0.6 is 0 Å². The van der Waals surface area contributed by atoms with Crippen LogP contribution in [0.5, 0.6) is 0 Å². The molecule has 6 nitrogen and oxygen atoms in total. The Labute approximate surface area is 181 Å². The molecule has 0 aliphatic carbocycles. The summed E-state index contributed by atoms with van der Waals surface area (Å²) in [5.41, 5.74) is 3.35. The molecule has 158 valence electrons. The first-order valence-electron chi connectivity index (χ1n) is 10.9. The molecular formula is C25H25N3O3. The number of carbonyl (C=O) groups excluding carboxylic acids is 2. The Morgan fingerprint density at radius 3 is 2.58 bits per heavy atom. The summed E-state index contributed by atoms with van der Waals surface area (Å²) < 4.78 is 5.51. The van der Waals surface area contributed by atoms with Crippen molar-refractivity contribution >= 4 is 34.3 Å². The second kappa shape index (κ2) is 8.38. The van der Waals surface area contributed by atoms with Crippen LogP contribution in [-0.4, -0.2) is 43.1 Å². The number of aromatic nitrogens is 1. The number of fused-ring (bicyclic) bond motifs is 2. The first kappa shape index (κ1) is 19.5. The lowest BCUT2D eigenvalue weighted by molar-refractivity contribution is -0.121. The Balaban J connectivity index is 1.37. The molecule has 2 aliphatic rings. The lowest BCUT2D eigenvalue weighted by Gasteiger charge is -2.29. The molecule has 5 rings (SSSR count). The van der Waals surface area contributed by atoms with Crippen LogP contribution in [0.3, 0.4) is 0 Å². The molecule has 0 saturated carbocycles. The van der Waals surface area contributed by atoms with Crippen molar-refractivity contribution in [3.8, 4) is 0 Å². The second-order valence-corrected chi connectivity index (χ2v) is 8.10. The zero-order valence-corrected chi connectivity index (χ0v) is 17.4. The molecule has 2 aromatic carbocycles. The van der Waals surface area contributed by atoms with Gasteiger partial charge in [0.2, 0.25) is 0 Å². The van der Waals surface area contributed by atoms with E-state index >= 15 is 0 Å². The van der Waals surface area contributed by atoms with Gasteiger partial charge in [0, 0.05) is 30.7 Å². The summed E-state index contributed by atoms with van der Waals surface area (Å²) >= 11 is 0. The van der Waals surface area contributed by atoms with Gasteiger partial charge in [-0.1, -0.05) is 36.4 Å². The number of aryl methyl sites for hydroxylation is 1. The lowest BCUT2D eigenvalue weighted by atomic mass is 10.0. The number of ether oxygens (including phenoxy) is 1. The van der Waals surface area contributed by atoms with Gasteiger partial charge in [-0.3, -0.25) is 4.79 Å². The zero-order chi connectivity index (χ0) is 21.2. The van der Waals surface area contributed by atoms with E-state index in [1.807, 2.05) is 54.6 Å². The number of hydrogen-bond acceptors (Lipinski definition) is 5. The summed E-state index contributed by atoms with van der Waals surface area (Å²) in [5.74, 6) is -0.0484. The van der Waals surface area contributed by atoms with Gasteiger partial charge >= 0.3 is 5.97 Å². The highest BCUT2D eigenvalue weighted by Gasteiger charge is 2.26. The lowest BCUT2D eigenvalue weighted by Crippen LogP contribution is -2.38. The second-order valence-electron chi connectivity index (χ2n) is 8.10. The Morgan fingerprint density at radius 2 is 1.71 bits per heavy atom. The highest BCUT2D eigenvalue weighted by Crippen LogP contribution is 2.28. The quantitative estimate of drug-likeness (QED) is 0.604. The number of benzene rings is 2. The fourth-order valence-electron chi connectivity index (χ4n) is 4.50. The summed E-state index contributed by atoms with van der Waals surface area (Å²) in [7, 11) is 0. The van der Waals surface area contributed by atoms with Gasteiger partial charge in [-0.15, -0.1) is 0 Å². The zero-order valence-electron chi connectivity index (χ0n) is 17.4. The maximum absolute atomic E-state index is 13.0. The molecule has 0 spiro atoms. The number of nitrogens with zero attached hydrogens (tertiary/aromatic N) is 3. The van der Waals surface area contributed by atoms with Crippen molar-refractivity contribution in [2.24, 2.45) is 0 Å². The first-order chi connectivity index (χ1) is 15.2. The standard InChI is InChI=1S/C25H25N3O3/c29-23(28-15-7-10-18-8-2-4-12-22(18)28)17-31-25(30)20-16-19-9-1-3-11-21(19)26-24(20)27-13-5-6-14-27/h1-4,8-9,11-12,16H,5-7,10,13-15,17H2. The smallest absolute Gasteiger partial charge is 0.342 e. The third-order valence-corrected chi connectivity index (χ3v) is 6.07. The van der Waals surface area contributed by atoms with Crippen LogP contribution in [0.25, 0.3) is 10.9 Å². The van der Waals surface area contributed by atoms with Crippen LogP contribution in [0.2, 0.25) is 0 Å². The van der Waals surface area contributed by atoms with Crippen molar-refractivity contribution in [3.05, 3.63) is 65.7 Å². The van der Waals surface area contributed by atoms with Gasteiger partial charge in [-0.2, -0.15) is 0 Å². The van der Waals surface area contributed by atoms with E-state index in [0.717, 1.165) is 60.9 Å². The number of rotatable bonds is 4. The Hall–Kier alpha value is -3.41. The third kappa shape index (κ3) is 3.85. The van der Waals surface area contributed by atoms with Crippen molar-refractivity contribution < 1.29 is 14.3 Å². The molecule has 6 heteroatoms. The molecule has 2 aliphatic heterocycles. The third-order valence-electron chi connectivity index (χ3n) is 6.07. The Morgan fingerprint density at radius 1 is 0.935 bits per heavy atom. The highest BCUT2D eigenvalue weighted by atomic mass is 16.5. The van der Waals surface area contributed by atoms with Crippen LogP contribution in [0.1, 0.15) is 35.2 Å². The van der Waals surface area contributed by atoms with E-state index in [9.17, 15) is 9.59 Å². The average Bonchev–Trinajstić information content (AvgIpc) is 3.36. The number of hydrogen-bond donors (Lipinski definition) is 0. The fourth-order valence-corrected chi connectivity index (χ4v) is 4.50. The van der Waals surface area contributed by atoms with Crippen LogP contribution in [-0.2, 0) is 16.0 Å². The number of para-hydroxylation sites is 2. The maximum atomic E-state index is 13.0. The number of pyridine rings is 1. The van der Waals surface area contributed by atoms with Gasteiger partial charge < -0.3 is 14.5 Å². The molecule has 1 aromatic heterocycles. The first-order valence-corrected chi connectivity index (χ1v) is 10.9. The van der Waals surface area contributed by atoms with Crippen molar-refractivity contribution in [3.63, 3.8) is 0 Å². The maximum Gasteiger partial charge on any atom is 0.342 e. The summed E-state index contributed by atoms with van der Waals surface area (Å²) in [4.78, 5) is 34.5. The minimum absolute atomic E-state index is 0.197. The Kier molecular flexibility index (Phi) is 5.28. The summed E-state index contributed by atoms with van der Waals surface area (Å²) in [6, 6.07) is 17.5. The van der Waals surface area contributed by atoms with E-state index in [0.29, 0.717) is 17.9 Å². The van der Waals surface area contributed by atoms with E-state index in [1.165, 1.54) is 0 Å². The topological polar surface area (TPSA) is 62.7 Å². The minimum Gasteiger partial charge on any atom is -0.452 e. The monoisotopic (exact) mass is 415 g/mol. The molecule has 1 saturated heterocycles. The summed E-state index contributed by atoms with van der Waals surface area (Å²) in [6.07, 6.45) is 4.03. The molecule has 0 atom stereocenters. The molecular weight excluding hydrogens is 390 g/mol. The van der Waals surface area contributed by atoms with Gasteiger partial charge in [0.25, 0.3) is 5.91 Å². The van der Waals surface area contributed by atoms with Crippen molar-refractivity contribution in [2.45, 2.75) is 25.7 Å². The predicted molar refractivity (Wildman–Crippen MR) is 121 cm³/mol. The summed E-state index contributed by atoms with van der Waals surface area (Å²) in [6.45, 7) is 2.10. The van der Waals surface area contributed by atoms with Crippen molar-refractivity contribution in [1.29, 1.82) is 0 Å².